The van der Waals surface area contributed by atoms with E-state index in [2.05, 4.69) is 50.2 Å². The monoisotopic (exact) mass is 760 g/mol. The zero-order valence-corrected chi connectivity index (χ0v) is 26.3. The highest BCUT2D eigenvalue weighted by molar-refractivity contribution is 14.1. The van der Waals surface area contributed by atoms with Gasteiger partial charge in [0.2, 0.25) is 0 Å². The molecule has 0 unspecified atom stereocenters. The minimum atomic E-state index is -0.762. The fourth-order valence-corrected chi connectivity index (χ4v) is 7.03. The molecule has 0 fully saturated rings. The predicted octanol–water partition coefficient (Wildman–Crippen LogP) is 4.51. The Morgan fingerprint density at radius 2 is 1.74 bits per heavy atom. The smallest absolute Gasteiger partial charge is 0.338 e. The van der Waals surface area contributed by atoms with E-state index < -0.39 is 12.0 Å². The quantitative estimate of drug-likeness (QED) is 0.268. The number of halogens is 2. The molecule has 1 aromatic heterocycles. The fourth-order valence-electron chi connectivity index (χ4n) is 4.16. The Labute approximate surface area is 250 Å². The minimum absolute atomic E-state index is 0.193. The van der Waals surface area contributed by atoms with Gasteiger partial charge in [-0.25, -0.2) is 9.79 Å². The summed E-state index contributed by atoms with van der Waals surface area (Å²) in [6.07, 6.45) is 1.78. The molecule has 0 bridgehead atoms. The average molecular weight is 760 g/mol. The van der Waals surface area contributed by atoms with Gasteiger partial charge in [0.15, 0.2) is 16.3 Å². The van der Waals surface area contributed by atoms with Crippen molar-refractivity contribution in [2.45, 2.75) is 33.7 Å². The van der Waals surface area contributed by atoms with Crippen molar-refractivity contribution in [3.63, 3.8) is 0 Å². The van der Waals surface area contributed by atoms with Gasteiger partial charge >= 0.3 is 5.97 Å². The third-order valence-electron chi connectivity index (χ3n) is 5.74. The molecule has 0 radical (unpaired) electrons. The van der Waals surface area contributed by atoms with Crippen molar-refractivity contribution in [3.8, 4) is 17.2 Å². The molecule has 1 atom stereocenters. The maximum atomic E-state index is 13.8. The number of hydrogen-bond acceptors (Lipinski definition) is 8. The van der Waals surface area contributed by atoms with E-state index in [1.165, 1.54) is 15.9 Å². The van der Waals surface area contributed by atoms with Gasteiger partial charge in [-0.1, -0.05) is 17.4 Å². The highest BCUT2D eigenvalue weighted by Crippen LogP contribution is 2.36. The van der Waals surface area contributed by atoms with Gasteiger partial charge in [0.25, 0.3) is 5.56 Å². The Morgan fingerprint density at radius 3 is 2.37 bits per heavy atom. The molecule has 0 saturated carbocycles. The molecule has 0 amide bonds. The van der Waals surface area contributed by atoms with Crippen LogP contribution in [0.1, 0.15) is 44.9 Å². The summed E-state index contributed by atoms with van der Waals surface area (Å²) in [5, 5.41) is 10.1. The maximum Gasteiger partial charge on any atom is 0.338 e. The number of ether oxygens (including phenoxy) is 3. The lowest BCUT2D eigenvalue weighted by molar-refractivity contribution is -0.139. The number of aromatic hydroxyl groups is 1. The first kappa shape index (κ1) is 28.6. The van der Waals surface area contributed by atoms with Crippen molar-refractivity contribution in [1.29, 1.82) is 0 Å². The molecule has 0 aliphatic carbocycles. The lowest BCUT2D eigenvalue weighted by Crippen LogP contribution is -2.40. The first-order valence-electron chi connectivity index (χ1n) is 12.0. The number of hydrogen-bond donors (Lipinski definition) is 1. The van der Waals surface area contributed by atoms with Gasteiger partial charge in [-0.3, -0.25) is 9.36 Å². The van der Waals surface area contributed by atoms with E-state index >= 15 is 0 Å². The normalized spacial score (nSPS) is 15.2. The van der Waals surface area contributed by atoms with Crippen molar-refractivity contribution in [2.75, 3.05) is 19.8 Å². The van der Waals surface area contributed by atoms with E-state index in [0.29, 0.717) is 58.0 Å². The van der Waals surface area contributed by atoms with Crippen molar-refractivity contribution in [2.24, 2.45) is 4.99 Å². The number of nitrogens with zero attached hydrogens (tertiary/aromatic N) is 2. The summed E-state index contributed by atoms with van der Waals surface area (Å²) >= 11 is 5.37. The molecule has 1 N–H and O–H groups in total. The summed E-state index contributed by atoms with van der Waals surface area (Å²) in [5.41, 5.74) is 1.96. The number of esters is 1. The summed E-state index contributed by atoms with van der Waals surface area (Å²) in [6, 6.07) is 8.28. The van der Waals surface area contributed by atoms with Crippen LogP contribution in [0.25, 0.3) is 6.08 Å². The molecule has 0 spiro atoms. The minimum Gasteiger partial charge on any atom is -0.506 e. The predicted molar refractivity (Wildman–Crippen MR) is 163 cm³/mol. The lowest BCUT2D eigenvalue weighted by Gasteiger charge is -2.25. The van der Waals surface area contributed by atoms with E-state index in [9.17, 15) is 14.7 Å². The molecular formula is C27H26I2N2O6S. The molecule has 3 aromatic rings. The van der Waals surface area contributed by atoms with Gasteiger partial charge in [-0.05, 0) is 114 Å². The van der Waals surface area contributed by atoms with Crippen LogP contribution in [0.5, 0.6) is 17.2 Å². The largest absolute Gasteiger partial charge is 0.506 e. The number of benzene rings is 2. The van der Waals surface area contributed by atoms with Gasteiger partial charge in [0, 0.05) is 0 Å². The molecule has 8 nitrogen and oxygen atoms in total. The zero-order chi connectivity index (χ0) is 27.6. The van der Waals surface area contributed by atoms with Gasteiger partial charge in [-0.15, -0.1) is 0 Å². The molecule has 4 rings (SSSR count). The fraction of sp³-hybridized carbons (Fsp3) is 0.296. The van der Waals surface area contributed by atoms with Gasteiger partial charge in [-0.2, -0.15) is 0 Å². The standard InChI is InChI=1S/C27H26I2N2O6S/c1-5-35-19-9-8-16(13-20(19)36-6-2)23-22(26(34)37-7-3)14(4)30-27-31(23)25(33)21(38-27)12-15-10-17(28)24(32)18(29)11-15/h8-13,23,32H,5-7H2,1-4H3/b21-12-/t23-/m0/s1. The van der Waals surface area contributed by atoms with E-state index in [1.54, 1.807) is 32.1 Å². The SMILES string of the molecule is CCOC(=O)C1=C(C)N=c2s/c(=C\c3cc(I)c(O)c(I)c3)c(=O)n2[C@H]1c1ccc(OCC)c(OCC)c1. The lowest BCUT2D eigenvalue weighted by atomic mass is 9.95. The number of thiazole rings is 1. The second-order valence-corrected chi connectivity index (χ2v) is 11.5. The molecule has 1 aliphatic heterocycles. The van der Waals surface area contributed by atoms with Crippen molar-refractivity contribution >= 4 is 68.6 Å². The molecule has 11 heteroatoms. The Bertz CT molecular complexity index is 1590. The van der Waals surface area contributed by atoms with Gasteiger partial charge in [0.05, 0.1) is 48.8 Å². The second kappa shape index (κ2) is 12.2. The second-order valence-electron chi connectivity index (χ2n) is 8.21. The highest BCUT2D eigenvalue weighted by atomic mass is 127. The first-order chi connectivity index (χ1) is 18.2. The Kier molecular flexibility index (Phi) is 9.19. The number of fused-ring (bicyclic) bond motifs is 1. The summed E-state index contributed by atoms with van der Waals surface area (Å²) < 4.78 is 20.3. The Balaban J connectivity index is 1.96. The van der Waals surface area contributed by atoms with Crippen molar-refractivity contribution in [3.05, 3.63) is 79.6 Å². The van der Waals surface area contributed by atoms with Crippen LogP contribution >= 0.6 is 56.5 Å². The third kappa shape index (κ3) is 5.64. The van der Waals surface area contributed by atoms with Gasteiger partial charge < -0.3 is 19.3 Å². The summed E-state index contributed by atoms with van der Waals surface area (Å²) in [7, 11) is 0. The number of rotatable bonds is 8. The molecule has 2 heterocycles. The van der Waals surface area contributed by atoms with Crippen molar-refractivity contribution in [1.82, 2.24) is 4.57 Å². The molecule has 38 heavy (non-hydrogen) atoms. The third-order valence-corrected chi connectivity index (χ3v) is 8.36. The number of phenolic OH excluding ortho intramolecular Hbond substituents is 1. The maximum absolute atomic E-state index is 13.8. The van der Waals surface area contributed by atoms with Crippen LogP contribution in [0.3, 0.4) is 0 Å². The van der Waals surface area contributed by atoms with Crippen LogP contribution in [0.15, 0.2) is 51.4 Å². The first-order valence-corrected chi connectivity index (χ1v) is 14.9. The Morgan fingerprint density at radius 1 is 1.08 bits per heavy atom. The molecule has 2 aromatic carbocycles. The number of phenols is 1. The van der Waals surface area contributed by atoms with Gasteiger partial charge in [0.1, 0.15) is 5.75 Å². The number of carbonyl (C=O) groups is 1. The van der Waals surface area contributed by atoms with E-state index in [4.69, 9.17) is 14.2 Å². The molecule has 200 valence electrons. The zero-order valence-electron chi connectivity index (χ0n) is 21.2. The summed E-state index contributed by atoms with van der Waals surface area (Å²) in [4.78, 5) is 32.1. The van der Waals surface area contributed by atoms with Crippen molar-refractivity contribution < 1.29 is 24.1 Å². The topological polar surface area (TPSA) is 99.4 Å². The number of carbonyl (C=O) groups excluding carboxylic acids is 1. The van der Waals surface area contributed by atoms with E-state index in [-0.39, 0.29) is 17.9 Å². The Hall–Kier alpha value is -2.39. The van der Waals surface area contributed by atoms with E-state index in [1.807, 2.05) is 32.0 Å². The van der Waals surface area contributed by atoms with Crippen LogP contribution in [-0.2, 0) is 9.53 Å². The number of allylic oxidation sites excluding steroid dienone is 1. The van der Waals surface area contributed by atoms with Crippen LogP contribution in [0.2, 0.25) is 0 Å². The summed E-state index contributed by atoms with van der Waals surface area (Å²) in [5.74, 6) is 0.795. The van der Waals surface area contributed by atoms with Crippen LogP contribution < -0.4 is 24.4 Å². The van der Waals surface area contributed by atoms with E-state index in [0.717, 1.165) is 5.56 Å². The van der Waals surface area contributed by atoms with Crippen LogP contribution in [0.4, 0.5) is 0 Å². The van der Waals surface area contributed by atoms with Crippen LogP contribution in [0, 0.1) is 7.14 Å². The summed E-state index contributed by atoms with van der Waals surface area (Å²) in [6.45, 7) is 8.35. The highest BCUT2D eigenvalue weighted by Gasteiger charge is 2.34. The molecule has 1 aliphatic rings. The number of aromatic nitrogens is 1. The van der Waals surface area contributed by atoms with Crippen LogP contribution in [-0.4, -0.2) is 35.5 Å². The average Bonchev–Trinajstić information content (AvgIpc) is 3.17. The molecular weight excluding hydrogens is 734 g/mol. The molecule has 0 saturated heterocycles.